The Morgan fingerprint density at radius 3 is 0.805 bits per heavy atom. The highest BCUT2D eigenvalue weighted by atomic mass is 16.6. The van der Waals surface area contributed by atoms with Crippen LogP contribution in [0, 0.1) is 0 Å². The number of carbonyl (C=O) groups excluding carboxylic acids is 3. The van der Waals surface area contributed by atoms with Gasteiger partial charge in [0, 0.05) is 19.3 Å². The number of hydrogen-bond donors (Lipinski definition) is 0. The van der Waals surface area contributed by atoms with E-state index in [1.54, 1.807) is 0 Å². The van der Waals surface area contributed by atoms with Gasteiger partial charge in [0.1, 0.15) is 13.2 Å². The number of carbonyl (C=O) groups is 3. The zero-order valence-electron chi connectivity index (χ0n) is 49.4. The first-order valence-electron chi connectivity index (χ1n) is 31.0. The van der Waals surface area contributed by atoms with Crippen LogP contribution in [0.5, 0.6) is 0 Å². The van der Waals surface area contributed by atoms with E-state index in [1.807, 2.05) is 0 Å². The predicted molar refractivity (Wildman–Crippen MR) is 334 cm³/mol. The van der Waals surface area contributed by atoms with Crippen molar-refractivity contribution in [1.82, 2.24) is 0 Å². The molecule has 0 rings (SSSR count). The molecule has 0 fully saturated rings. The third-order valence-corrected chi connectivity index (χ3v) is 12.5. The normalized spacial score (nSPS) is 13.2. The van der Waals surface area contributed by atoms with Gasteiger partial charge in [-0.15, -0.1) is 0 Å². The van der Waals surface area contributed by atoms with Gasteiger partial charge in [-0.1, -0.05) is 262 Å². The molecule has 0 aliphatic heterocycles. The third-order valence-electron chi connectivity index (χ3n) is 12.5. The van der Waals surface area contributed by atoms with E-state index in [-0.39, 0.29) is 31.1 Å². The van der Waals surface area contributed by atoms with Crippen molar-refractivity contribution in [3.8, 4) is 0 Å². The second-order valence-electron chi connectivity index (χ2n) is 19.9. The summed E-state index contributed by atoms with van der Waals surface area (Å²) >= 11 is 0. The van der Waals surface area contributed by atoms with Crippen LogP contribution in [-0.4, -0.2) is 37.2 Å². The van der Waals surface area contributed by atoms with Crippen molar-refractivity contribution >= 4 is 17.9 Å². The van der Waals surface area contributed by atoms with Crippen LogP contribution >= 0.6 is 0 Å². The van der Waals surface area contributed by atoms with E-state index in [1.165, 1.54) is 51.4 Å². The fourth-order valence-corrected chi connectivity index (χ4v) is 7.95. The number of allylic oxidation sites excluding steroid dienone is 26. The summed E-state index contributed by atoms with van der Waals surface area (Å²) in [6, 6.07) is 0. The SMILES string of the molecule is CC/C=C\C/C=C\C/C=C\C/C=C\C/C=C\C/C=C\C/C=C\CCCCCC(=O)OCC(COC(=O)CCCCCCCCCCC)OC(=O)CCCCCCCC/C=C\C/C=C\C/C=C\C/C=C\C/C=C\C/C=C\CC. The highest BCUT2D eigenvalue weighted by Crippen LogP contribution is 2.14. The summed E-state index contributed by atoms with van der Waals surface area (Å²) in [6.45, 7) is 6.34. The van der Waals surface area contributed by atoms with Crippen LogP contribution in [0.25, 0.3) is 0 Å². The van der Waals surface area contributed by atoms with Gasteiger partial charge in [0.2, 0.25) is 0 Å². The van der Waals surface area contributed by atoms with Crippen molar-refractivity contribution in [3.05, 3.63) is 158 Å². The molecule has 1 unspecified atom stereocenters. The maximum Gasteiger partial charge on any atom is 0.306 e. The molecule has 0 amide bonds. The first kappa shape index (κ1) is 72.0. The lowest BCUT2D eigenvalue weighted by Crippen LogP contribution is -2.30. The Hall–Kier alpha value is -4.97. The number of unbranched alkanes of at least 4 members (excludes halogenated alkanes) is 17. The lowest BCUT2D eigenvalue weighted by Gasteiger charge is -2.18. The summed E-state index contributed by atoms with van der Waals surface area (Å²) in [5.41, 5.74) is 0. The summed E-state index contributed by atoms with van der Waals surface area (Å²) < 4.78 is 16.8. The second kappa shape index (κ2) is 63.6. The van der Waals surface area contributed by atoms with E-state index in [4.69, 9.17) is 14.2 Å². The Balaban J connectivity index is 4.39. The van der Waals surface area contributed by atoms with Crippen molar-refractivity contribution < 1.29 is 28.6 Å². The van der Waals surface area contributed by atoms with Gasteiger partial charge < -0.3 is 14.2 Å². The summed E-state index contributed by atoms with van der Waals surface area (Å²) in [7, 11) is 0. The zero-order valence-corrected chi connectivity index (χ0v) is 49.4. The molecule has 1 atom stereocenters. The lowest BCUT2D eigenvalue weighted by atomic mass is 10.1. The van der Waals surface area contributed by atoms with Crippen LogP contribution in [0.15, 0.2) is 158 Å². The van der Waals surface area contributed by atoms with E-state index in [2.05, 4.69) is 179 Å². The molecule has 0 aromatic carbocycles. The smallest absolute Gasteiger partial charge is 0.306 e. The Kier molecular flexibility index (Phi) is 59.5. The molecule has 0 aliphatic rings. The largest absolute Gasteiger partial charge is 0.462 e. The van der Waals surface area contributed by atoms with Gasteiger partial charge in [0.15, 0.2) is 6.10 Å². The maximum absolute atomic E-state index is 12.9. The molecule has 0 N–H and O–H groups in total. The average Bonchev–Trinajstić information content (AvgIpc) is 3.43. The van der Waals surface area contributed by atoms with Crippen LogP contribution in [-0.2, 0) is 28.6 Å². The fraction of sp³-hybridized carbons (Fsp3) is 0.592. The number of esters is 3. The van der Waals surface area contributed by atoms with Gasteiger partial charge >= 0.3 is 17.9 Å². The van der Waals surface area contributed by atoms with Crippen LogP contribution in [0.1, 0.15) is 252 Å². The van der Waals surface area contributed by atoms with Crippen LogP contribution in [0.2, 0.25) is 0 Å². The Morgan fingerprint density at radius 2 is 0.506 bits per heavy atom. The number of hydrogen-bond acceptors (Lipinski definition) is 6. The Morgan fingerprint density at radius 1 is 0.273 bits per heavy atom. The average molecular weight is 1060 g/mol. The summed E-state index contributed by atoms with van der Waals surface area (Å²) in [4.78, 5) is 38.2. The summed E-state index contributed by atoms with van der Waals surface area (Å²) in [6.07, 6.45) is 92.5. The number of rotatable bonds is 54. The van der Waals surface area contributed by atoms with Gasteiger partial charge in [-0.3, -0.25) is 14.4 Å². The van der Waals surface area contributed by atoms with Gasteiger partial charge in [-0.2, -0.15) is 0 Å². The van der Waals surface area contributed by atoms with Crippen molar-refractivity contribution in [2.24, 2.45) is 0 Å². The van der Waals surface area contributed by atoms with Crippen LogP contribution < -0.4 is 0 Å². The van der Waals surface area contributed by atoms with Gasteiger partial charge in [-0.25, -0.2) is 0 Å². The first-order valence-corrected chi connectivity index (χ1v) is 31.0. The highest BCUT2D eigenvalue weighted by molar-refractivity contribution is 5.71. The molecule has 0 spiro atoms. The standard InChI is InChI=1S/C71H112O6/c1-4-7-10-13-16-19-21-23-25-27-29-31-33-35-37-39-41-43-45-47-49-52-55-58-61-64-70(73)76-67-68(66-75-69(72)63-60-57-54-51-18-15-12-9-6-3)77-71(74)65-62-59-56-53-50-48-46-44-42-40-38-36-34-32-30-28-26-24-22-20-17-14-11-8-5-2/h7-8,10-11,16-17,19-20,23-26,29-32,35-38,41-44,47,49,68H,4-6,9,12-15,18,21-22,27-28,33-34,39-40,45-46,48,50-67H2,1-3H3/b10-7-,11-8-,19-16-,20-17-,25-23-,26-24-,31-29-,32-30-,37-35-,38-36-,43-41-,44-42-,49-47-. The van der Waals surface area contributed by atoms with Crippen molar-refractivity contribution in [1.29, 1.82) is 0 Å². The lowest BCUT2D eigenvalue weighted by molar-refractivity contribution is -0.167. The van der Waals surface area contributed by atoms with Crippen molar-refractivity contribution in [2.45, 2.75) is 258 Å². The maximum atomic E-state index is 12.9. The Labute approximate surface area is 473 Å². The Bertz CT molecular complexity index is 1740. The molecule has 0 aliphatic carbocycles. The van der Waals surface area contributed by atoms with E-state index in [0.717, 1.165) is 161 Å². The molecular weight excluding hydrogens is 949 g/mol. The molecule has 0 radical (unpaired) electrons. The molecule has 0 bridgehead atoms. The van der Waals surface area contributed by atoms with E-state index in [0.29, 0.717) is 19.3 Å². The minimum absolute atomic E-state index is 0.100. The van der Waals surface area contributed by atoms with Crippen molar-refractivity contribution in [2.75, 3.05) is 13.2 Å². The number of ether oxygens (including phenoxy) is 3. The minimum Gasteiger partial charge on any atom is -0.462 e. The molecule has 0 saturated carbocycles. The third kappa shape index (κ3) is 61.8. The van der Waals surface area contributed by atoms with E-state index >= 15 is 0 Å². The van der Waals surface area contributed by atoms with Gasteiger partial charge in [0.25, 0.3) is 0 Å². The molecule has 432 valence electrons. The molecule has 6 nitrogen and oxygen atoms in total. The summed E-state index contributed by atoms with van der Waals surface area (Å²) in [5, 5.41) is 0. The zero-order chi connectivity index (χ0) is 55.7. The molecule has 77 heavy (non-hydrogen) atoms. The monoisotopic (exact) mass is 1060 g/mol. The molecule has 0 saturated heterocycles. The minimum atomic E-state index is -0.807. The highest BCUT2D eigenvalue weighted by Gasteiger charge is 2.19. The quantitative estimate of drug-likeness (QED) is 0.0261. The van der Waals surface area contributed by atoms with E-state index < -0.39 is 6.10 Å². The summed E-state index contributed by atoms with van der Waals surface area (Å²) in [5.74, 6) is -0.957. The van der Waals surface area contributed by atoms with Crippen LogP contribution in [0.4, 0.5) is 0 Å². The molecule has 0 aromatic rings. The van der Waals surface area contributed by atoms with Gasteiger partial charge in [-0.05, 0) is 128 Å². The molecular formula is C71H112O6. The first-order chi connectivity index (χ1) is 38.0. The van der Waals surface area contributed by atoms with Crippen LogP contribution in [0.3, 0.4) is 0 Å². The topological polar surface area (TPSA) is 78.9 Å². The molecule has 0 heterocycles. The molecule has 6 heteroatoms. The second-order valence-corrected chi connectivity index (χ2v) is 19.9. The van der Waals surface area contributed by atoms with E-state index in [9.17, 15) is 14.4 Å². The fourth-order valence-electron chi connectivity index (χ4n) is 7.95. The van der Waals surface area contributed by atoms with Crippen molar-refractivity contribution in [3.63, 3.8) is 0 Å². The molecule has 0 aromatic heterocycles. The van der Waals surface area contributed by atoms with Gasteiger partial charge in [0.05, 0.1) is 0 Å². The predicted octanol–water partition coefficient (Wildman–Crippen LogP) is 21.3.